The number of unbranched alkanes of at least 4 members (excludes halogenated alkanes) is 2. The Balaban J connectivity index is 3.34. The highest BCUT2D eigenvalue weighted by Crippen LogP contribution is 1.98. The average Bonchev–Trinajstić information content (AvgIpc) is 2.22. The van der Waals surface area contributed by atoms with Crippen molar-refractivity contribution in [2.24, 2.45) is 0 Å². The summed E-state index contributed by atoms with van der Waals surface area (Å²) in [6.07, 6.45) is 4.10. The van der Waals surface area contributed by atoms with Gasteiger partial charge in [0.05, 0.1) is 0 Å². The zero-order valence-corrected chi connectivity index (χ0v) is 9.66. The van der Waals surface area contributed by atoms with Gasteiger partial charge >= 0.3 is 12.0 Å². The summed E-state index contributed by atoms with van der Waals surface area (Å²) >= 11 is 0. The summed E-state index contributed by atoms with van der Waals surface area (Å²) < 4.78 is 0. The number of hydrogen-bond donors (Lipinski definition) is 3. The number of carbonyl (C=O) groups is 2. The van der Waals surface area contributed by atoms with Gasteiger partial charge in [-0.15, -0.1) is 6.58 Å². The Kier molecular flexibility index (Phi) is 7.93. The van der Waals surface area contributed by atoms with Crippen LogP contribution in [0.25, 0.3) is 0 Å². The zero-order valence-electron chi connectivity index (χ0n) is 9.66. The third-order valence-corrected chi connectivity index (χ3v) is 2.07. The Bertz CT molecular complexity index is 241. The molecule has 0 rings (SSSR count). The summed E-state index contributed by atoms with van der Waals surface area (Å²) in [6.45, 7) is 5.95. The second-order valence-corrected chi connectivity index (χ2v) is 3.63. The Labute approximate surface area is 95.9 Å². The molecule has 0 saturated heterocycles. The molecule has 0 aliphatic heterocycles. The van der Waals surface area contributed by atoms with E-state index in [1.807, 2.05) is 6.92 Å². The van der Waals surface area contributed by atoms with Crippen molar-refractivity contribution in [3.05, 3.63) is 12.7 Å². The number of carbonyl (C=O) groups excluding carboxylic acids is 1. The van der Waals surface area contributed by atoms with Crippen molar-refractivity contribution < 1.29 is 14.7 Å². The quantitative estimate of drug-likeness (QED) is 0.435. The van der Waals surface area contributed by atoms with E-state index in [1.165, 1.54) is 0 Å². The Morgan fingerprint density at radius 2 is 2.06 bits per heavy atom. The molecule has 0 aliphatic carbocycles. The lowest BCUT2D eigenvalue weighted by molar-refractivity contribution is -0.137. The number of urea groups is 1. The number of amides is 2. The molecule has 2 amide bonds. The molecule has 0 aromatic carbocycles. The van der Waals surface area contributed by atoms with Crippen molar-refractivity contribution >= 4 is 12.0 Å². The first-order valence-corrected chi connectivity index (χ1v) is 5.45. The summed E-state index contributed by atoms with van der Waals surface area (Å²) in [5.74, 6) is -0.773. The molecule has 92 valence electrons. The summed E-state index contributed by atoms with van der Waals surface area (Å²) in [5, 5.41) is 13.8. The Hall–Kier alpha value is -1.52. The predicted octanol–water partition coefficient (Wildman–Crippen LogP) is 1.51. The second-order valence-electron chi connectivity index (χ2n) is 3.63. The lowest BCUT2D eigenvalue weighted by atomic mass is 10.2. The third-order valence-electron chi connectivity index (χ3n) is 2.07. The number of rotatable bonds is 8. The van der Waals surface area contributed by atoms with Crippen molar-refractivity contribution in [1.29, 1.82) is 0 Å². The highest BCUT2D eigenvalue weighted by molar-refractivity contribution is 5.74. The summed E-state index contributed by atoms with van der Waals surface area (Å²) in [7, 11) is 0. The molecule has 1 atom stereocenters. The molecule has 5 nitrogen and oxygen atoms in total. The fraction of sp³-hybridized carbons (Fsp3) is 0.636. The topological polar surface area (TPSA) is 78.4 Å². The van der Waals surface area contributed by atoms with Gasteiger partial charge in [0.15, 0.2) is 0 Å². The molecule has 0 aromatic rings. The standard InChI is InChI=1S/C11H20N2O3/c1-3-9(2)13-11(16)12-8-6-4-5-7-10(14)15/h3,9H,1,4-8H2,2H3,(H,14,15)(H2,12,13,16). The molecule has 0 aliphatic rings. The molecule has 0 heterocycles. The van der Waals surface area contributed by atoms with Gasteiger partial charge in [-0.1, -0.05) is 12.5 Å². The van der Waals surface area contributed by atoms with Crippen LogP contribution in [0.3, 0.4) is 0 Å². The van der Waals surface area contributed by atoms with Gasteiger partial charge in [0.2, 0.25) is 0 Å². The van der Waals surface area contributed by atoms with Gasteiger partial charge in [-0.2, -0.15) is 0 Å². The third kappa shape index (κ3) is 9.05. The number of carboxylic acids is 1. The molecule has 5 heteroatoms. The van der Waals surface area contributed by atoms with Crippen molar-refractivity contribution in [2.75, 3.05) is 6.54 Å². The van der Waals surface area contributed by atoms with Gasteiger partial charge in [-0.3, -0.25) is 4.79 Å². The minimum Gasteiger partial charge on any atom is -0.481 e. The van der Waals surface area contributed by atoms with Crippen LogP contribution in [0.2, 0.25) is 0 Å². The fourth-order valence-corrected chi connectivity index (χ4v) is 1.10. The first kappa shape index (κ1) is 14.5. The van der Waals surface area contributed by atoms with Crippen LogP contribution in [0.1, 0.15) is 32.6 Å². The lowest BCUT2D eigenvalue weighted by Crippen LogP contribution is -2.40. The van der Waals surface area contributed by atoms with E-state index in [2.05, 4.69) is 17.2 Å². The molecule has 3 N–H and O–H groups in total. The van der Waals surface area contributed by atoms with Crippen molar-refractivity contribution in [1.82, 2.24) is 10.6 Å². The molecule has 0 aromatic heterocycles. The Morgan fingerprint density at radius 3 is 2.62 bits per heavy atom. The smallest absolute Gasteiger partial charge is 0.315 e. The van der Waals surface area contributed by atoms with Crippen LogP contribution >= 0.6 is 0 Å². The number of hydrogen-bond acceptors (Lipinski definition) is 2. The van der Waals surface area contributed by atoms with E-state index in [-0.39, 0.29) is 18.5 Å². The van der Waals surface area contributed by atoms with Crippen LogP contribution < -0.4 is 10.6 Å². The predicted molar refractivity (Wildman–Crippen MR) is 62.3 cm³/mol. The van der Waals surface area contributed by atoms with E-state index in [1.54, 1.807) is 6.08 Å². The van der Waals surface area contributed by atoms with Crippen LogP contribution in [0.5, 0.6) is 0 Å². The molecule has 0 radical (unpaired) electrons. The molecule has 0 fully saturated rings. The molecule has 16 heavy (non-hydrogen) atoms. The molecule has 0 bridgehead atoms. The highest BCUT2D eigenvalue weighted by atomic mass is 16.4. The van der Waals surface area contributed by atoms with E-state index < -0.39 is 5.97 Å². The monoisotopic (exact) mass is 228 g/mol. The normalized spacial score (nSPS) is 11.6. The molecule has 1 unspecified atom stereocenters. The maximum Gasteiger partial charge on any atom is 0.315 e. The fourth-order valence-electron chi connectivity index (χ4n) is 1.10. The van der Waals surface area contributed by atoms with E-state index in [4.69, 9.17) is 5.11 Å². The lowest BCUT2D eigenvalue weighted by Gasteiger charge is -2.10. The van der Waals surface area contributed by atoms with Crippen LogP contribution in [0.15, 0.2) is 12.7 Å². The van der Waals surface area contributed by atoms with Crippen LogP contribution in [-0.2, 0) is 4.79 Å². The van der Waals surface area contributed by atoms with Crippen molar-refractivity contribution in [2.45, 2.75) is 38.6 Å². The van der Waals surface area contributed by atoms with E-state index >= 15 is 0 Å². The summed E-state index contributed by atoms with van der Waals surface area (Å²) in [4.78, 5) is 21.4. The maximum atomic E-state index is 11.2. The first-order valence-electron chi connectivity index (χ1n) is 5.45. The zero-order chi connectivity index (χ0) is 12.4. The number of nitrogens with one attached hydrogen (secondary N) is 2. The van der Waals surface area contributed by atoms with Crippen molar-refractivity contribution in [3.8, 4) is 0 Å². The van der Waals surface area contributed by atoms with Gasteiger partial charge in [-0.05, 0) is 19.8 Å². The minimum atomic E-state index is -0.773. The summed E-state index contributed by atoms with van der Waals surface area (Å²) in [6, 6.07) is -0.266. The number of aliphatic carboxylic acids is 1. The minimum absolute atomic E-state index is 0.0491. The average molecular weight is 228 g/mol. The molecule has 0 spiro atoms. The van der Waals surface area contributed by atoms with Crippen LogP contribution in [-0.4, -0.2) is 29.7 Å². The number of carboxylic acid groups (broad SMARTS) is 1. The van der Waals surface area contributed by atoms with Gasteiger partial charge in [0.25, 0.3) is 0 Å². The largest absolute Gasteiger partial charge is 0.481 e. The van der Waals surface area contributed by atoms with Gasteiger partial charge < -0.3 is 15.7 Å². The molecular weight excluding hydrogens is 208 g/mol. The SMILES string of the molecule is C=CC(C)NC(=O)NCCCCCC(=O)O. The summed E-state index contributed by atoms with van der Waals surface area (Å²) in [5.41, 5.74) is 0. The van der Waals surface area contributed by atoms with Gasteiger partial charge in [0, 0.05) is 19.0 Å². The maximum absolute atomic E-state index is 11.2. The van der Waals surface area contributed by atoms with Crippen LogP contribution in [0.4, 0.5) is 4.79 Å². The van der Waals surface area contributed by atoms with E-state index in [0.29, 0.717) is 13.0 Å². The van der Waals surface area contributed by atoms with E-state index in [9.17, 15) is 9.59 Å². The highest BCUT2D eigenvalue weighted by Gasteiger charge is 2.02. The molecular formula is C11H20N2O3. The van der Waals surface area contributed by atoms with Gasteiger partial charge in [-0.25, -0.2) is 4.79 Å². The molecule has 0 saturated carbocycles. The van der Waals surface area contributed by atoms with Crippen LogP contribution in [0, 0.1) is 0 Å². The Morgan fingerprint density at radius 1 is 1.38 bits per heavy atom. The van der Waals surface area contributed by atoms with E-state index in [0.717, 1.165) is 12.8 Å². The first-order chi connectivity index (χ1) is 7.56. The second kappa shape index (κ2) is 8.76. The van der Waals surface area contributed by atoms with Gasteiger partial charge in [0.1, 0.15) is 0 Å². The van der Waals surface area contributed by atoms with Crippen molar-refractivity contribution in [3.63, 3.8) is 0 Å².